The molecule has 0 aliphatic heterocycles. The average Bonchev–Trinajstić information content (AvgIpc) is 2.91. The number of nitrogens with zero attached hydrogens (tertiary/aromatic N) is 3. The molecule has 2 aromatic rings. The van der Waals surface area contributed by atoms with Crippen molar-refractivity contribution >= 4 is 94.4 Å². The molecule has 0 N–H and O–H groups in total. The van der Waals surface area contributed by atoms with E-state index < -0.39 is 7.59 Å². The number of hydrogen-bond donors (Lipinski definition) is 1. The van der Waals surface area contributed by atoms with Gasteiger partial charge in [0, 0.05) is 10.8 Å². The van der Waals surface area contributed by atoms with Crippen molar-refractivity contribution in [1.29, 1.82) is 0 Å². The van der Waals surface area contributed by atoms with E-state index in [-0.39, 0.29) is 22.7 Å². The predicted octanol–water partition coefficient (Wildman–Crippen LogP) is 6.28. The van der Waals surface area contributed by atoms with Crippen LogP contribution in [0.4, 0.5) is 0 Å². The largest absolute Gasteiger partial charge is 0.465 e. The lowest BCUT2D eigenvalue weighted by Gasteiger charge is -2.14. The minimum absolute atomic E-state index is 0.0183. The second kappa shape index (κ2) is 7.78. The average molecular weight is 468 g/mol. The van der Waals surface area contributed by atoms with E-state index in [1.165, 1.54) is 6.08 Å². The van der Waals surface area contributed by atoms with Crippen LogP contribution < -0.4 is 0 Å². The van der Waals surface area contributed by atoms with Gasteiger partial charge in [-0.2, -0.15) is 12.6 Å². The van der Waals surface area contributed by atoms with Crippen molar-refractivity contribution < 1.29 is 4.42 Å². The SMILES string of the molecule is CC(S)c1ccoc1/C=C/c1nc(C(Cl)(Cl)Cl)nc(C(Cl)(Cl)Cl)n1. The van der Waals surface area contributed by atoms with Crippen LogP contribution in [0.1, 0.15) is 41.0 Å². The fourth-order valence-corrected chi connectivity index (χ4v) is 2.40. The van der Waals surface area contributed by atoms with Crippen LogP contribution in [0.25, 0.3) is 12.2 Å². The molecule has 0 amide bonds. The van der Waals surface area contributed by atoms with Gasteiger partial charge in [0.15, 0.2) is 17.5 Å². The number of furan rings is 1. The van der Waals surface area contributed by atoms with Crippen molar-refractivity contribution in [2.24, 2.45) is 0 Å². The molecular weight excluding hydrogens is 459 g/mol. The number of thiol groups is 1. The smallest absolute Gasteiger partial charge is 0.250 e. The van der Waals surface area contributed by atoms with Gasteiger partial charge in [0.2, 0.25) is 7.59 Å². The van der Waals surface area contributed by atoms with Gasteiger partial charge in [-0.15, -0.1) is 0 Å². The molecule has 0 fully saturated rings. The Balaban J connectivity index is 2.46. The Morgan fingerprint density at radius 1 is 1.00 bits per heavy atom. The molecule has 0 aliphatic rings. The molecule has 11 heteroatoms. The van der Waals surface area contributed by atoms with E-state index in [0.29, 0.717) is 5.76 Å². The highest BCUT2D eigenvalue weighted by Crippen LogP contribution is 2.40. The van der Waals surface area contributed by atoms with Crippen molar-refractivity contribution in [1.82, 2.24) is 15.0 Å². The Kier molecular flexibility index (Phi) is 6.63. The molecule has 0 saturated heterocycles. The molecule has 130 valence electrons. The molecule has 0 bridgehead atoms. The molecule has 24 heavy (non-hydrogen) atoms. The molecule has 2 aromatic heterocycles. The van der Waals surface area contributed by atoms with Crippen LogP contribution in [0.3, 0.4) is 0 Å². The highest BCUT2D eigenvalue weighted by molar-refractivity contribution is 7.80. The van der Waals surface area contributed by atoms with Gasteiger partial charge in [-0.1, -0.05) is 69.6 Å². The molecule has 2 heterocycles. The lowest BCUT2D eigenvalue weighted by atomic mass is 10.2. The second-order valence-corrected chi connectivity index (χ2v) is 9.92. The lowest BCUT2D eigenvalue weighted by molar-refractivity contribution is 0.554. The summed E-state index contributed by atoms with van der Waals surface area (Å²) in [6.07, 6.45) is 4.72. The van der Waals surface area contributed by atoms with Gasteiger partial charge in [-0.25, -0.2) is 15.0 Å². The topological polar surface area (TPSA) is 51.8 Å². The standard InChI is InChI=1S/C13H9Cl6N3OS/c1-6(24)7-4-5-23-8(7)2-3-9-20-10(12(14,15)16)22-11(21-9)13(17,18)19/h2-6,24H,1H3/b3-2+. The molecule has 0 saturated carbocycles. The van der Waals surface area contributed by atoms with Crippen molar-refractivity contribution in [2.45, 2.75) is 19.8 Å². The summed E-state index contributed by atoms with van der Waals surface area (Å²) in [5.74, 6) is 0.405. The highest BCUT2D eigenvalue weighted by atomic mass is 35.6. The summed E-state index contributed by atoms with van der Waals surface area (Å²) in [7, 11) is 0. The molecule has 0 spiro atoms. The van der Waals surface area contributed by atoms with E-state index in [0.717, 1.165) is 5.56 Å². The maximum atomic E-state index is 5.82. The molecule has 4 nitrogen and oxygen atoms in total. The van der Waals surface area contributed by atoms with Gasteiger partial charge in [-0.05, 0) is 25.1 Å². The normalized spacial score (nSPS) is 14.3. The lowest BCUT2D eigenvalue weighted by Crippen LogP contribution is -2.16. The number of hydrogen-bond acceptors (Lipinski definition) is 5. The molecule has 0 aromatic carbocycles. The van der Waals surface area contributed by atoms with Crippen LogP contribution in [0.5, 0.6) is 0 Å². The van der Waals surface area contributed by atoms with Crippen molar-refractivity contribution in [3.05, 3.63) is 41.1 Å². The first kappa shape index (κ1) is 20.4. The first-order valence-corrected chi connectivity index (χ1v) is 9.11. The van der Waals surface area contributed by atoms with E-state index in [4.69, 9.17) is 74.0 Å². The monoisotopic (exact) mass is 465 g/mol. The zero-order valence-electron chi connectivity index (χ0n) is 11.9. The van der Waals surface area contributed by atoms with Crippen LogP contribution in [0, 0.1) is 0 Å². The summed E-state index contributed by atoms with van der Waals surface area (Å²) in [5, 5.41) is -0.0183. The zero-order valence-corrected chi connectivity index (χ0v) is 17.3. The van der Waals surface area contributed by atoms with E-state index in [2.05, 4.69) is 27.6 Å². The summed E-state index contributed by atoms with van der Waals surface area (Å²) in [6.45, 7) is 1.91. The molecule has 0 aliphatic carbocycles. The van der Waals surface area contributed by atoms with Gasteiger partial charge in [-0.3, -0.25) is 0 Å². The Hall–Kier alpha value is 0.120. The van der Waals surface area contributed by atoms with Crippen molar-refractivity contribution in [2.75, 3.05) is 0 Å². The molecular formula is C13H9Cl6N3OS. The van der Waals surface area contributed by atoms with Crippen LogP contribution in [-0.4, -0.2) is 15.0 Å². The van der Waals surface area contributed by atoms with Crippen LogP contribution in [0.15, 0.2) is 16.7 Å². The summed E-state index contributed by atoms with van der Waals surface area (Å²) < 4.78 is 1.59. The maximum Gasteiger partial charge on any atom is 0.250 e. The minimum atomic E-state index is -1.90. The first-order valence-electron chi connectivity index (χ1n) is 6.32. The van der Waals surface area contributed by atoms with Crippen LogP contribution in [-0.2, 0) is 7.59 Å². The Labute approximate surface area is 173 Å². The third-order valence-electron chi connectivity index (χ3n) is 2.72. The van der Waals surface area contributed by atoms with Gasteiger partial charge >= 0.3 is 0 Å². The van der Waals surface area contributed by atoms with Crippen LogP contribution >= 0.6 is 82.2 Å². The van der Waals surface area contributed by atoms with E-state index in [1.54, 1.807) is 12.3 Å². The zero-order chi connectivity index (χ0) is 18.1. The Morgan fingerprint density at radius 2 is 1.54 bits per heavy atom. The summed E-state index contributed by atoms with van der Waals surface area (Å²) >= 11 is 39.3. The summed E-state index contributed by atoms with van der Waals surface area (Å²) in [4.78, 5) is 12.0. The molecule has 0 radical (unpaired) electrons. The first-order chi connectivity index (χ1) is 11.0. The number of aromatic nitrogens is 3. The van der Waals surface area contributed by atoms with Gasteiger partial charge in [0.1, 0.15) is 5.76 Å². The summed E-state index contributed by atoms with van der Waals surface area (Å²) in [6, 6.07) is 1.81. The van der Waals surface area contributed by atoms with E-state index >= 15 is 0 Å². The summed E-state index contributed by atoms with van der Waals surface area (Å²) in [5.41, 5.74) is 0.895. The van der Waals surface area contributed by atoms with Crippen LogP contribution in [0.2, 0.25) is 0 Å². The highest BCUT2D eigenvalue weighted by Gasteiger charge is 2.33. The van der Waals surface area contributed by atoms with Crippen molar-refractivity contribution in [3.63, 3.8) is 0 Å². The molecule has 1 atom stereocenters. The third kappa shape index (κ3) is 5.31. The maximum absolute atomic E-state index is 5.82. The fraction of sp³-hybridized carbons (Fsp3) is 0.308. The van der Waals surface area contributed by atoms with Crippen molar-refractivity contribution in [3.8, 4) is 0 Å². The van der Waals surface area contributed by atoms with E-state index in [9.17, 15) is 0 Å². The van der Waals surface area contributed by atoms with Gasteiger partial charge in [0.05, 0.1) is 6.26 Å². The Morgan fingerprint density at radius 3 is 2.00 bits per heavy atom. The quantitative estimate of drug-likeness (QED) is 0.426. The van der Waals surface area contributed by atoms with Gasteiger partial charge in [0.25, 0.3) is 0 Å². The third-order valence-corrected chi connectivity index (χ3v) is 4.01. The van der Waals surface area contributed by atoms with Gasteiger partial charge < -0.3 is 4.42 Å². The molecule has 1 unspecified atom stereocenters. The predicted molar refractivity (Wildman–Crippen MR) is 103 cm³/mol. The number of rotatable bonds is 3. The minimum Gasteiger partial charge on any atom is -0.465 e. The number of halogens is 6. The second-order valence-electron chi connectivity index (χ2n) is 4.59. The fourth-order valence-electron chi connectivity index (χ4n) is 1.68. The molecule has 2 rings (SSSR count). The Bertz CT molecular complexity index is 719. The van der Waals surface area contributed by atoms with E-state index in [1.807, 2.05) is 13.0 Å². The number of alkyl halides is 6.